The largest absolute Gasteiger partial charge is 0.361 e. The van der Waals surface area contributed by atoms with Crippen LogP contribution in [0.15, 0.2) is 60.0 Å². The summed E-state index contributed by atoms with van der Waals surface area (Å²) in [6.45, 7) is 0. The molecule has 0 unspecified atom stereocenters. The predicted molar refractivity (Wildman–Crippen MR) is 77.6 cm³/mol. The van der Waals surface area contributed by atoms with Crippen LogP contribution < -0.4 is 5.43 Å². The number of hydrazone groups is 1. The summed E-state index contributed by atoms with van der Waals surface area (Å²) in [6.07, 6.45) is 5.03. The first-order chi connectivity index (χ1) is 9.84. The highest BCUT2D eigenvalue weighted by atomic mass is 16.2. The van der Waals surface area contributed by atoms with Crippen molar-refractivity contribution in [3.05, 3.63) is 66.1 Å². The van der Waals surface area contributed by atoms with Crippen LogP contribution in [0.25, 0.3) is 10.9 Å². The first-order valence-corrected chi connectivity index (χ1v) is 6.15. The number of para-hydroxylation sites is 1. The highest BCUT2D eigenvalue weighted by Crippen LogP contribution is 2.15. The van der Waals surface area contributed by atoms with Crippen molar-refractivity contribution in [2.75, 3.05) is 0 Å². The molecule has 2 N–H and O–H groups in total. The van der Waals surface area contributed by atoms with Gasteiger partial charge in [-0.25, -0.2) is 5.43 Å². The molecular formula is C15H12N4O. The molecule has 0 saturated carbocycles. The molecule has 0 bridgehead atoms. The maximum atomic E-state index is 11.7. The zero-order valence-corrected chi connectivity index (χ0v) is 10.6. The maximum absolute atomic E-state index is 11.7. The van der Waals surface area contributed by atoms with Gasteiger partial charge in [0.15, 0.2) is 0 Å². The van der Waals surface area contributed by atoms with E-state index in [1.807, 2.05) is 30.5 Å². The van der Waals surface area contributed by atoms with Gasteiger partial charge in [0.2, 0.25) is 0 Å². The minimum Gasteiger partial charge on any atom is -0.361 e. The first kappa shape index (κ1) is 12.1. The average molecular weight is 264 g/mol. The number of hydrogen-bond acceptors (Lipinski definition) is 3. The van der Waals surface area contributed by atoms with Crippen molar-refractivity contribution in [1.82, 2.24) is 15.4 Å². The summed E-state index contributed by atoms with van der Waals surface area (Å²) in [4.78, 5) is 18.8. The SMILES string of the molecule is O=C(N/N=C\c1c[nH]c2ccccc12)c1ccccn1. The van der Waals surface area contributed by atoms with Crippen LogP contribution in [0.4, 0.5) is 0 Å². The van der Waals surface area contributed by atoms with Crippen molar-refractivity contribution in [2.24, 2.45) is 5.10 Å². The van der Waals surface area contributed by atoms with Crippen LogP contribution >= 0.6 is 0 Å². The molecule has 20 heavy (non-hydrogen) atoms. The average Bonchev–Trinajstić information content (AvgIpc) is 2.92. The Bertz CT molecular complexity index is 762. The molecule has 0 spiro atoms. The van der Waals surface area contributed by atoms with Gasteiger partial charge in [0, 0.05) is 28.9 Å². The van der Waals surface area contributed by atoms with E-state index in [0.29, 0.717) is 5.69 Å². The van der Waals surface area contributed by atoms with Crippen LogP contribution in [0.1, 0.15) is 16.1 Å². The summed E-state index contributed by atoms with van der Waals surface area (Å²) in [5.41, 5.74) is 4.74. The van der Waals surface area contributed by atoms with Crippen molar-refractivity contribution < 1.29 is 4.79 Å². The number of benzene rings is 1. The highest BCUT2D eigenvalue weighted by Gasteiger charge is 2.04. The number of hydrogen-bond donors (Lipinski definition) is 2. The minimum absolute atomic E-state index is 0.332. The normalized spacial score (nSPS) is 11.0. The number of aromatic nitrogens is 2. The van der Waals surface area contributed by atoms with Gasteiger partial charge < -0.3 is 4.98 Å². The minimum atomic E-state index is -0.332. The lowest BCUT2D eigenvalue weighted by Gasteiger charge is -1.97. The molecule has 0 fully saturated rings. The van der Waals surface area contributed by atoms with Crippen molar-refractivity contribution in [1.29, 1.82) is 0 Å². The van der Waals surface area contributed by atoms with Crippen LogP contribution in [0.3, 0.4) is 0 Å². The Labute approximate surface area is 115 Å². The zero-order chi connectivity index (χ0) is 13.8. The maximum Gasteiger partial charge on any atom is 0.289 e. The first-order valence-electron chi connectivity index (χ1n) is 6.15. The summed E-state index contributed by atoms with van der Waals surface area (Å²) in [7, 11) is 0. The van der Waals surface area contributed by atoms with Crippen molar-refractivity contribution >= 4 is 23.0 Å². The lowest BCUT2D eigenvalue weighted by Crippen LogP contribution is -2.18. The van der Waals surface area contributed by atoms with E-state index < -0.39 is 0 Å². The summed E-state index contributed by atoms with van der Waals surface area (Å²) in [5, 5.41) is 5.01. The second-order valence-electron chi connectivity index (χ2n) is 4.20. The molecule has 0 aliphatic carbocycles. The number of fused-ring (bicyclic) bond motifs is 1. The Balaban J connectivity index is 1.74. The standard InChI is InChI=1S/C15H12N4O/c20-15(14-7-3-4-8-16-14)19-18-10-11-9-17-13-6-2-1-5-12(11)13/h1-10,17H,(H,19,20)/b18-10-. The van der Waals surface area contributed by atoms with Gasteiger partial charge in [-0.3, -0.25) is 9.78 Å². The van der Waals surface area contributed by atoms with E-state index in [1.165, 1.54) is 0 Å². The topological polar surface area (TPSA) is 70.1 Å². The van der Waals surface area contributed by atoms with E-state index in [2.05, 4.69) is 20.5 Å². The number of H-pyrrole nitrogens is 1. The molecule has 2 aromatic heterocycles. The van der Waals surface area contributed by atoms with Crippen LogP contribution in [0.5, 0.6) is 0 Å². The monoisotopic (exact) mass is 264 g/mol. The Morgan fingerprint density at radius 1 is 1.20 bits per heavy atom. The molecule has 5 nitrogen and oxygen atoms in total. The second kappa shape index (κ2) is 5.36. The summed E-state index contributed by atoms with van der Waals surface area (Å²) >= 11 is 0. The smallest absolute Gasteiger partial charge is 0.289 e. The number of rotatable bonds is 3. The number of nitrogens with zero attached hydrogens (tertiary/aromatic N) is 2. The summed E-state index contributed by atoms with van der Waals surface area (Å²) < 4.78 is 0. The van der Waals surface area contributed by atoms with E-state index >= 15 is 0 Å². The van der Waals surface area contributed by atoms with E-state index in [4.69, 9.17) is 0 Å². The molecule has 3 aromatic rings. The zero-order valence-electron chi connectivity index (χ0n) is 10.6. The predicted octanol–water partition coefficient (Wildman–Crippen LogP) is 2.33. The molecule has 2 heterocycles. The molecule has 0 radical (unpaired) electrons. The number of carbonyl (C=O) groups is 1. The van der Waals surface area contributed by atoms with Gasteiger partial charge in [0.05, 0.1) is 6.21 Å². The molecular weight excluding hydrogens is 252 g/mol. The fraction of sp³-hybridized carbons (Fsp3) is 0. The summed E-state index contributed by atoms with van der Waals surface area (Å²) in [5.74, 6) is -0.332. The van der Waals surface area contributed by atoms with E-state index in [-0.39, 0.29) is 5.91 Å². The van der Waals surface area contributed by atoms with Gasteiger partial charge in [-0.05, 0) is 18.2 Å². The third-order valence-corrected chi connectivity index (χ3v) is 2.89. The van der Waals surface area contributed by atoms with Crippen LogP contribution in [-0.2, 0) is 0 Å². The van der Waals surface area contributed by atoms with Crippen molar-refractivity contribution in [3.8, 4) is 0 Å². The molecule has 0 aliphatic heterocycles. The fourth-order valence-corrected chi connectivity index (χ4v) is 1.92. The number of amides is 1. The van der Waals surface area contributed by atoms with Gasteiger partial charge >= 0.3 is 0 Å². The van der Waals surface area contributed by atoms with Gasteiger partial charge in [0.1, 0.15) is 5.69 Å². The lowest BCUT2D eigenvalue weighted by molar-refractivity contribution is 0.0950. The number of nitrogens with one attached hydrogen (secondary N) is 2. The molecule has 0 aliphatic rings. The van der Waals surface area contributed by atoms with E-state index in [0.717, 1.165) is 16.5 Å². The van der Waals surface area contributed by atoms with Gasteiger partial charge in [-0.1, -0.05) is 24.3 Å². The number of pyridine rings is 1. The molecule has 5 heteroatoms. The number of aromatic amines is 1. The van der Waals surface area contributed by atoms with E-state index in [9.17, 15) is 4.79 Å². The van der Waals surface area contributed by atoms with Gasteiger partial charge in [-0.15, -0.1) is 0 Å². The number of carbonyl (C=O) groups excluding carboxylic acids is 1. The molecule has 0 saturated heterocycles. The Morgan fingerprint density at radius 2 is 2.05 bits per heavy atom. The Kier molecular flexibility index (Phi) is 3.24. The Morgan fingerprint density at radius 3 is 2.90 bits per heavy atom. The molecule has 3 rings (SSSR count). The third-order valence-electron chi connectivity index (χ3n) is 2.89. The Hall–Kier alpha value is -2.95. The molecule has 1 amide bonds. The van der Waals surface area contributed by atoms with Gasteiger partial charge in [0.25, 0.3) is 5.91 Å². The lowest BCUT2D eigenvalue weighted by atomic mass is 10.2. The van der Waals surface area contributed by atoms with Crippen LogP contribution in [-0.4, -0.2) is 22.1 Å². The second-order valence-corrected chi connectivity index (χ2v) is 4.20. The quantitative estimate of drug-likeness (QED) is 0.563. The van der Waals surface area contributed by atoms with Crippen molar-refractivity contribution in [2.45, 2.75) is 0 Å². The van der Waals surface area contributed by atoms with Crippen LogP contribution in [0.2, 0.25) is 0 Å². The van der Waals surface area contributed by atoms with E-state index in [1.54, 1.807) is 30.6 Å². The third kappa shape index (κ3) is 2.42. The van der Waals surface area contributed by atoms with Gasteiger partial charge in [-0.2, -0.15) is 5.10 Å². The highest BCUT2D eigenvalue weighted by molar-refractivity contribution is 5.99. The summed E-state index contributed by atoms with van der Waals surface area (Å²) in [6, 6.07) is 13.0. The fourth-order valence-electron chi connectivity index (χ4n) is 1.92. The molecule has 98 valence electrons. The molecule has 0 atom stereocenters. The van der Waals surface area contributed by atoms with Crippen molar-refractivity contribution in [3.63, 3.8) is 0 Å². The van der Waals surface area contributed by atoms with Crippen LogP contribution in [0, 0.1) is 0 Å². The molecule has 1 aromatic carbocycles.